The van der Waals surface area contributed by atoms with Crippen LogP contribution in [0.25, 0.3) is 11.4 Å². The summed E-state index contributed by atoms with van der Waals surface area (Å²) in [5, 5.41) is 10.4. The molecule has 0 fully saturated rings. The van der Waals surface area contributed by atoms with E-state index in [1.54, 1.807) is 11.6 Å². The van der Waals surface area contributed by atoms with E-state index in [9.17, 15) is 18.0 Å². The third kappa shape index (κ3) is 5.48. The highest BCUT2D eigenvalue weighted by molar-refractivity contribution is 7.99. The Kier molecular flexibility index (Phi) is 6.00. The number of thioether (sulfide) groups is 1. The first-order chi connectivity index (χ1) is 12.0. The minimum atomic E-state index is -4.42. The standard InChI is InChI=1S/C17H21F3N4OS/c1-16(2,3)12-7-5-11(6-8-12)14-22-23-15(24(14)4)26-9-13(25)21-10-17(18,19)20/h5-8H,9-10H2,1-4H3,(H,21,25). The molecule has 9 heteroatoms. The van der Waals surface area contributed by atoms with E-state index in [-0.39, 0.29) is 11.2 Å². The van der Waals surface area contributed by atoms with Crippen molar-refractivity contribution < 1.29 is 18.0 Å². The molecule has 1 amide bonds. The number of halogens is 3. The Balaban J connectivity index is 2.02. The summed E-state index contributed by atoms with van der Waals surface area (Å²) < 4.78 is 38.0. The second-order valence-electron chi connectivity index (χ2n) is 6.87. The molecule has 1 aromatic heterocycles. The van der Waals surface area contributed by atoms with Gasteiger partial charge in [-0.3, -0.25) is 4.79 Å². The van der Waals surface area contributed by atoms with E-state index < -0.39 is 18.6 Å². The number of carbonyl (C=O) groups is 1. The van der Waals surface area contributed by atoms with Crippen LogP contribution in [0.3, 0.4) is 0 Å². The Morgan fingerprint density at radius 1 is 1.15 bits per heavy atom. The van der Waals surface area contributed by atoms with Crippen molar-refractivity contribution in [2.45, 2.75) is 37.5 Å². The van der Waals surface area contributed by atoms with Crippen LogP contribution in [0.15, 0.2) is 29.4 Å². The Hall–Kier alpha value is -2.03. The first kappa shape index (κ1) is 20.3. The summed E-state index contributed by atoms with van der Waals surface area (Å²) in [5.41, 5.74) is 2.11. The molecule has 0 unspecified atom stereocenters. The fourth-order valence-electron chi connectivity index (χ4n) is 2.19. The topological polar surface area (TPSA) is 59.8 Å². The normalized spacial score (nSPS) is 12.3. The SMILES string of the molecule is Cn1c(SCC(=O)NCC(F)(F)F)nnc1-c1ccc(C(C)(C)C)cc1. The quantitative estimate of drug-likeness (QED) is 0.799. The van der Waals surface area contributed by atoms with Crippen LogP contribution in [0, 0.1) is 0 Å². The van der Waals surface area contributed by atoms with Crippen LogP contribution in [-0.4, -0.2) is 39.1 Å². The lowest BCUT2D eigenvalue weighted by atomic mass is 9.87. The van der Waals surface area contributed by atoms with Crippen LogP contribution >= 0.6 is 11.8 Å². The van der Waals surface area contributed by atoms with E-state index in [1.807, 2.05) is 29.6 Å². The molecule has 2 aromatic rings. The zero-order chi connectivity index (χ0) is 19.5. The minimum Gasteiger partial charge on any atom is -0.346 e. The van der Waals surface area contributed by atoms with Crippen LogP contribution in [-0.2, 0) is 17.3 Å². The highest BCUT2D eigenvalue weighted by atomic mass is 32.2. The molecule has 1 N–H and O–H groups in total. The molecule has 0 spiro atoms. The molecule has 0 aliphatic rings. The zero-order valence-electron chi connectivity index (χ0n) is 15.0. The summed E-state index contributed by atoms with van der Waals surface area (Å²) in [5.74, 6) is -0.236. The lowest BCUT2D eigenvalue weighted by Crippen LogP contribution is -2.34. The van der Waals surface area contributed by atoms with E-state index >= 15 is 0 Å². The van der Waals surface area contributed by atoms with Gasteiger partial charge in [0.15, 0.2) is 11.0 Å². The molecular weight excluding hydrogens is 365 g/mol. The minimum absolute atomic E-state index is 0.0448. The van der Waals surface area contributed by atoms with Gasteiger partial charge in [-0.15, -0.1) is 10.2 Å². The monoisotopic (exact) mass is 386 g/mol. The van der Waals surface area contributed by atoms with Crippen LogP contribution in [0.2, 0.25) is 0 Å². The average Bonchev–Trinajstić information content (AvgIpc) is 2.90. The number of aromatic nitrogens is 3. The maximum Gasteiger partial charge on any atom is 0.405 e. The van der Waals surface area contributed by atoms with Gasteiger partial charge >= 0.3 is 6.18 Å². The molecule has 1 aromatic carbocycles. The van der Waals surface area contributed by atoms with E-state index in [4.69, 9.17) is 0 Å². The number of benzene rings is 1. The van der Waals surface area contributed by atoms with Crippen molar-refractivity contribution in [3.05, 3.63) is 29.8 Å². The average molecular weight is 386 g/mol. The fraction of sp³-hybridized carbons (Fsp3) is 0.471. The van der Waals surface area contributed by atoms with Crippen LogP contribution in [0.4, 0.5) is 13.2 Å². The van der Waals surface area contributed by atoms with Gasteiger partial charge in [-0.05, 0) is 11.0 Å². The predicted molar refractivity (Wildman–Crippen MR) is 94.9 cm³/mol. The summed E-state index contributed by atoms with van der Waals surface area (Å²) in [4.78, 5) is 11.5. The molecule has 0 aliphatic carbocycles. The van der Waals surface area contributed by atoms with E-state index in [0.717, 1.165) is 17.3 Å². The van der Waals surface area contributed by atoms with E-state index in [0.29, 0.717) is 11.0 Å². The van der Waals surface area contributed by atoms with Crippen molar-refractivity contribution in [2.75, 3.05) is 12.3 Å². The summed E-state index contributed by atoms with van der Waals surface area (Å²) in [6, 6.07) is 7.97. The second-order valence-corrected chi connectivity index (χ2v) is 7.82. The fourth-order valence-corrected chi connectivity index (χ4v) is 2.93. The van der Waals surface area contributed by atoms with Gasteiger partial charge in [0.1, 0.15) is 6.54 Å². The number of hydrogen-bond donors (Lipinski definition) is 1. The Bertz CT molecular complexity index is 764. The maximum absolute atomic E-state index is 12.1. The molecule has 1 heterocycles. The van der Waals surface area contributed by atoms with Gasteiger partial charge in [0.2, 0.25) is 5.91 Å². The molecule has 0 bridgehead atoms. The number of carbonyl (C=O) groups excluding carboxylic acids is 1. The van der Waals surface area contributed by atoms with Crippen LogP contribution < -0.4 is 5.32 Å². The van der Waals surface area contributed by atoms with Crippen molar-refractivity contribution in [1.29, 1.82) is 0 Å². The smallest absolute Gasteiger partial charge is 0.346 e. The maximum atomic E-state index is 12.1. The van der Waals surface area contributed by atoms with Gasteiger partial charge in [-0.2, -0.15) is 13.2 Å². The summed E-state index contributed by atoms with van der Waals surface area (Å²) >= 11 is 1.04. The Morgan fingerprint density at radius 2 is 1.77 bits per heavy atom. The van der Waals surface area contributed by atoms with Gasteiger partial charge in [0.25, 0.3) is 0 Å². The van der Waals surface area contributed by atoms with Crippen molar-refractivity contribution in [3.8, 4) is 11.4 Å². The molecular formula is C17H21F3N4OS. The van der Waals surface area contributed by atoms with Crippen LogP contribution in [0.5, 0.6) is 0 Å². The van der Waals surface area contributed by atoms with E-state index in [1.165, 1.54) is 5.56 Å². The number of rotatable bonds is 5. The predicted octanol–water partition coefficient (Wildman–Crippen LogP) is 3.55. The number of hydrogen-bond acceptors (Lipinski definition) is 4. The Morgan fingerprint density at radius 3 is 2.31 bits per heavy atom. The highest BCUT2D eigenvalue weighted by Gasteiger charge is 2.27. The number of alkyl halides is 3. The summed E-state index contributed by atoms with van der Waals surface area (Å²) in [6.45, 7) is 5.05. The first-order valence-corrected chi connectivity index (χ1v) is 8.92. The molecule has 0 aliphatic heterocycles. The van der Waals surface area contributed by atoms with E-state index in [2.05, 4.69) is 31.0 Å². The molecule has 2 rings (SSSR count). The number of amides is 1. The van der Waals surface area contributed by atoms with Crippen LogP contribution in [0.1, 0.15) is 26.3 Å². The second kappa shape index (κ2) is 7.69. The number of nitrogens with zero attached hydrogens (tertiary/aromatic N) is 3. The van der Waals surface area contributed by atoms with Crippen molar-refractivity contribution in [1.82, 2.24) is 20.1 Å². The van der Waals surface area contributed by atoms with Gasteiger partial charge in [-0.1, -0.05) is 56.8 Å². The summed E-state index contributed by atoms with van der Waals surface area (Å²) in [6.07, 6.45) is -4.42. The van der Waals surface area contributed by atoms with Crippen molar-refractivity contribution in [3.63, 3.8) is 0 Å². The third-order valence-electron chi connectivity index (χ3n) is 3.66. The molecule has 0 saturated carbocycles. The van der Waals surface area contributed by atoms with Gasteiger partial charge < -0.3 is 9.88 Å². The molecule has 0 saturated heterocycles. The molecule has 5 nitrogen and oxygen atoms in total. The van der Waals surface area contributed by atoms with Gasteiger partial charge in [0.05, 0.1) is 5.75 Å². The molecule has 0 atom stereocenters. The molecule has 142 valence electrons. The number of nitrogens with one attached hydrogen (secondary N) is 1. The van der Waals surface area contributed by atoms with Gasteiger partial charge in [-0.25, -0.2) is 0 Å². The largest absolute Gasteiger partial charge is 0.405 e. The van der Waals surface area contributed by atoms with Gasteiger partial charge in [0, 0.05) is 12.6 Å². The highest BCUT2D eigenvalue weighted by Crippen LogP contribution is 2.27. The lowest BCUT2D eigenvalue weighted by molar-refractivity contribution is -0.136. The Labute approximate surface area is 154 Å². The first-order valence-electron chi connectivity index (χ1n) is 7.94. The summed E-state index contributed by atoms with van der Waals surface area (Å²) in [7, 11) is 1.75. The molecule has 0 radical (unpaired) electrons. The lowest BCUT2D eigenvalue weighted by Gasteiger charge is -2.19. The molecule has 26 heavy (non-hydrogen) atoms. The third-order valence-corrected chi connectivity index (χ3v) is 4.68. The van der Waals surface area contributed by atoms with Crippen molar-refractivity contribution >= 4 is 17.7 Å². The van der Waals surface area contributed by atoms with Crippen molar-refractivity contribution in [2.24, 2.45) is 7.05 Å². The zero-order valence-corrected chi connectivity index (χ0v) is 15.8.